The first-order chi connectivity index (χ1) is 8.91. The number of hydrogen-bond donors (Lipinski definition) is 1. The Bertz CT molecular complexity index is 717. The van der Waals surface area contributed by atoms with Crippen LogP contribution in [0.5, 0.6) is 0 Å². The van der Waals surface area contributed by atoms with Crippen molar-refractivity contribution in [2.45, 2.75) is 13.8 Å². The molecule has 1 aromatic carbocycles. The maximum Gasteiger partial charge on any atom is 0.342 e. The first-order valence-electron chi connectivity index (χ1n) is 5.79. The fourth-order valence-corrected chi connectivity index (χ4v) is 1.87. The summed E-state index contributed by atoms with van der Waals surface area (Å²) in [6, 6.07) is 5.55. The zero-order valence-corrected chi connectivity index (χ0v) is 11.0. The molecule has 0 amide bonds. The zero-order valence-electron chi connectivity index (χ0n) is 11.0. The summed E-state index contributed by atoms with van der Waals surface area (Å²) >= 11 is 0. The first kappa shape index (κ1) is 13.0. The molecule has 2 aromatic rings. The van der Waals surface area contributed by atoms with Gasteiger partial charge in [-0.25, -0.2) is 9.48 Å². The summed E-state index contributed by atoms with van der Waals surface area (Å²) in [7, 11) is 1.43. The number of carboxylic acid groups (broad SMARTS) is 1. The van der Waals surface area contributed by atoms with Gasteiger partial charge in [-0.3, -0.25) is 4.79 Å². The third-order valence-electron chi connectivity index (χ3n) is 3.17. The average molecular weight is 258 g/mol. The van der Waals surface area contributed by atoms with Gasteiger partial charge in [0.1, 0.15) is 5.56 Å². The lowest BCUT2D eigenvalue weighted by molar-refractivity contribution is 0.0694. The summed E-state index contributed by atoms with van der Waals surface area (Å²) in [5.41, 5.74) is 2.32. The van der Waals surface area contributed by atoms with E-state index in [9.17, 15) is 14.7 Å². The number of rotatable bonds is 2. The molecular formula is C14H14N2O3. The Balaban J connectivity index is 2.75. The van der Waals surface area contributed by atoms with Gasteiger partial charge in [-0.1, -0.05) is 18.2 Å². The molecule has 19 heavy (non-hydrogen) atoms. The first-order valence-corrected chi connectivity index (χ1v) is 5.79. The molecule has 0 unspecified atom stereocenters. The number of aryl methyl sites for hydroxylation is 3. The monoisotopic (exact) mass is 258 g/mol. The van der Waals surface area contributed by atoms with E-state index in [0.29, 0.717) is 11.1 Å². The normalized spacial score (nSPS) is 10.5. The highest BCUT2D eigenvalue weighted by molar-refractivity contribution is 5.95. The minimum Gasteiger partial charge on any atom is -0.477 e. The Hall–Kier alpha value is -2.43. The van der Waals surface area contributed by atoms with E-state index in [1.807, 2.05) is 26.0 Å². The quantitative estimate of drug-likeness (QED) is 0.890. The van der Waals surface area contributed by atoms with Gasteiger partial charge in [-0.05, 0) is 30.5 Å². The Labute approximate surface area is 110 Å². The summed E-state index contributed by atoms with van der Waals surface area (Å²) in [5.74, 6) is -1.24. The summed E-state index contributed by atoms with van der Waals surface area (Å²) in [4.78, 5) is 23.2. The van der Waals surface area contributed by atoms with E-state index < -0.39 is 11.5 Å². The SMILES string of the molecule is Cc1ccc(-c2cnn(C)c(=O)c2C(=O)O)cc1C. The summed E-state index contributed by atoms with van der Waals surface area (Å²) in [5, 5.41) is 13.1. The second kappa shape index (κ2) is 4.68. The molecule has 1 aromatic heterocycles. The largest absolute Gasteiger partial charge is 0.477 e. The van der Waals surface area contributed by atoms with Crippen LogP contribution in [0.25, 0.3) is 11.1 Å². The van der Waals surface area contributed by atoms with Crippen LogP contribution >= 0.6 is 0 Å². The van der Waals surface area contributed by atoms with Crippen molar-refractivity contribution in [2.24, 2.45) is 7.05 Å². The standard InChI is InChI=1S/C14H14N2O3/c1-8-4-5-10(6-9(8)2)11-7-15-16(3)13(17)12(11)14(18)19/h4-7H,1-3H3,(H,18,19). The van der Waals surface area contributed by atoms with Crippen LogP contribution in [0.3, 0.4) is 0 Å². The number of carboxylic acids is 1. The van der Waals surface area contributed by atoms with Crippen LogP contribution in [-0.2, 0) is 7.05 Å². The van der Waals surface area contributed by atoms with Gasteiger partial charge >= 0.3 is 5.97 Å². The van der Waals surface area contributed by atoms with E-state index >= 15 is 0 Å². The van der Waals surface area contributed by atoms with E-state index in [2.05, 4.69) is 5.10 Å². The molecular weight excluding hydrogens is 244 g/mol. The summed E-state index contributed by atoms with van der Waals surface area (Å²) in [6.45, 7) is 3.91. The Morgan fingerprint density at radius 1 is 1.26 bits per heavy atom. The molecule has 0 aliphatic heterocycles. The third kappa shape index (κ3) is 2.27. The lowest BCUT2D eigenvalue weighted by Gasteiger charge is -2.09. The van der Waals surface area contributed by atoms with E-state index in [0.717, 1.165) is 15.8 Å². The highest BCUT2D eigenvalue weighted by atomic mass is 16.4. The number of aromatic nitrogens is 2. The predicted octanol–water partition coefficient (Wildman–Crippen LogP) is 1.76. The highest BCUT2D eigenvalue weighted by Crippen LogP contribution is 2.23. The van der Waals surface area contributed by atoms with Gasteiger partial charge in [0.2, 0.25) is 0 Å². The fraction of sp³-hybridized carbons (Fsp3) is 0.214. The van der Waals surface area contributed by atoms with Crippen molar-refractivity contribution in [3.8, 4) is 11.1 Å². The molecule has 0 aliphatic rings. The number of benzene rings is 1. The molecule has 2 rings (SSSR count). The Kier molecular flexibility index (Phi) is 3.21. The number of carbonyl (C=O) groups is 1. The van der Waals surface area contributed by atoms with E-state index in [-0.39, 0.29) is 5.56 Å². The van der Waals surface area contributed by atoms with Crippen LogP contribution in [-0.4, -0.2) is 20.9 Å². The van der Waals surface area contributed by atoms with E-state index in [4.69, 9.17) is 0 Å². The van der Waals surface area contributed by atoms with Gasteiger partial charge in [0.15, 0.2) is 0 Å². The molecule has 0 radical (unpaired) electrons. The number of aromatic carboxylic acids is 1. The van der Waals surface area contributed by atoms with E-state index in [1.54, 1.807) is 6.07 Å². The summed E-state index contributed by atoms with van der Waals surface area (Å²) < 4.78 is 1.02. The lowest BCUT2D eigenvalue weighted by atomic mass is 9.99. The maximum absolute atomic E-state index is 11.9. The van der Waals surface area contributed by atoms with Crippen LogP contribution in [0.1, 0.15) is 21.5 Å². The third-order valence-corrected chi connectivity index (χ3v) is 3.17. The van der Waals surface area contributed by atoms with Crippen molar-refractivity contribution in [3.63, 3.8) is 0 Å². The molecule has 0 saturated heterocycles. The topological polar surface area (TPSA) is 72.2 Å². The molecule has 0 aliphatic carbocycles. The molecule has 1 heterocycles. The molecule has 0 saturated carbocycles. The molecule has 1 N–H and O–H groups in total. The maximum atomic E-state index is 11.9. The second-order valence-corrected chi connectivity index (χ2v) is 4.47. The van der Waals surface area contributed by atoms with Crippen molar-refractivity contribution in [1.82, 2.24) is 9.78 Å². The second-order valence-electron chi connectivity index (χ2n) is 4.47. The van der Waals surface area contributed by atoms with Gasteiger partial charge in [0, 0.05) is 12.6 Å². The van der Waals surface area contributed by atoms with Crippen molar-refractivity contribution in [2.75, 3.05) is 0 Å². The van der Waals surface area contributed by atoms with Crippen molar-refractivity contribution in [1.29, 1.82) is 0 Å². The van der Waals surface area contributed by atoms with E-state index in [1.165, 1.54) is 13.2 Å². The van der Waals surface area contributed by atoms with Gasteiger partial charge in [0.25, 0.3) is 5.56 Å². The molecule has 98 valence electrons. The van der Waals surface area contributed by atoms with Crippen LogP contribution < -0.4 is 5.56 Å². The van der Waals surface area contributed by atoms with Gasteiger partial charge in [0.05, 0.1) is 6.20 Å². The average Bonchev–Trinajstić information content (AvgIpc) is 2.35. The highest BCUT2D eigenvalue weighted by Gasteiger charge is 2.18. The van der Waals surface area contributed by atoms with Gasteiger partial charge in [-0.15, -0.1) is 0 Å². The molecule has 0 spiro atoms. The van der Waals surface area contributed by atoms with Crippen molar-refractivity contribution in [3.05, 3.63) is 51.4 Å². The fourth-order valence-electron chi connectivity index (χ4n) is 1.87. The zero-order chi connectivity index (χ0) is 14.2. The smallest absolute Gasteiger partial charge is 0.342 e. The molecule has 0 atom stereocenters. The predicted molar refractivity (Wildman–Crippen MR) is 71.3 cm³/mol. The van der Waals surface area contributed by atoms with Crippen LogP contribution in [0, 0.1) is 13.8 Å². The van der Waals surface area contributed by atoms with Gasteiger partial charge in [-0.2, -0.15) is 5.10 Å². The van der Waals surface area contributed by atoms with Crippen molar-refractivity contribution >= 4 is 5.97 Å². The number of nitrogens with zero attached hydrogens (tertiary/aromatic N) is 2. The lowest BCUT2D eigenvalue weighted by Crippen LogP contribution is -2.27. The molecule has 5 heteroatoms. The number of hydrogen-bond acceptors (Lipinski definition) is 3. The minimum atomic E-state index is -1.24. The Morgan fingerprint density at radius 3 is 2.53 bits per heavy atom. The molecule has 5 nitrogen and oxygen atoms in total. The summed E-state index contributed by atoms with van der Waals surface area (Å²) in [6.07, 6.45) is 1.41. The van der Waals surface area contributed by atoms with Crippen molar-refractivity contribution < 1.29 is 9.90 Å². The van der Waals surface area contributed by atoms with Crippen LogP contribution in [0.2, 0.25) is 0 Å². The minimum absolute atomic E-state index is 0.249. The Morgan fingerprint density at radius 2 is 1.95 bits per heavy atom. The van der Waals surface area contributed by atoms with Gasteiger partial charge < -0.3 is 5.11 Å². The molecule has 0 bridgehead atoms. The van der Waals surface area contributed by atoms with Crippen LogP contribution in [0.4, 0.5) is 0 Å². The van der Waals surface area contributed by atoms with Crippen LogP contribution in [0.15, 0.2) is 29.2 Å². The molecule has 0 fully saturated rings.